The Bertz CT molecular complexity index is 1060. The van der Waals surface area contributed by atoms with Crippen molar-refractivity contribution < 1.29 is 17.7 Å². The summed E-state index contributed by atoms with van der Waals surface area (Å²) in [5, 5.41) is 8.49. The molecule has 0 unspecified atom stereocenters. The second-order valence-electron chi connectivity index (χ2n) is 6.71. The maximum Gasteiger partial charge on any atom is 0.252 e. The molecule has 4 rings (SSSR count). The molecule has 3 heterocycles. The topological polar surface area (TPSA) is 105 Å². The lowest BCUT2D eigenvalue weighted by molar-refractivity contribution is -0.126. The third-order valence-corrected chi connectivity index (χ3v) is 8.10. The van der Waals surface area contributed by atoms with Gasteiger partial charge in [-0.1, -0.05) is 41.6 Å². The quantitative estimate of drug-likeness (QED) is 0.642. The Morgan fingerprint density at radius 2 is 1.93 bits per heavy atom. The number of sulfonamides is 1. The highest BCUT2D eigenvalue weighted by Crippen LogP contribution is 2.26. The maximum absolute atomic E-state index is 12.6. The van der Waals surface area contributed by atoms with Crippen LogP contribution in [0.3, 0.4) is 0 Å². The van der Waals surface area contributed by atoms with Gasteiger partial charge < -0.3 is 9.84 Å². The molecule has 0 saturated carbocycles. The molecule has 10 heteroatoms. The molecule has 0 aliphatic carbocycles. The van der Waals surface area contributed by atoms with Crippen molar-refractivity contribution in [3.05, 3.63) is 53.7 Å². The summed E-state index contributed by atoms with van der Waals surface area (Å²) in [5.74, 6) is 0.441. The van der Waals surface area contributed by atoms with Crippen LogP contribution in [0.15, 0.2) is 56.6 Å². The zero-order valence-corrected chi connectivity index (χ0v) is 17.2. The monoisotopic (exact) mass is 432 g/mol. The van der Waals surface area contributed by atoms with Crippen molar-refractivity contribution in [3.8, 4) is 11.4 Å². The normalized spacial score (nSPS) is 16.0. The van der Waals surface area contributed by atoms with E-state index in [1.165, 1.54) is 15.6 Å². The second kappa shape index (κ2) is 8.44. The van der Waals surface area contributed by atoms with E-state index in [1.54, 1.807) is 17.5 Å². The van der Waals surface area contributed by atoms with Crippen LogP contribution in [0.1, 0.15) is 18.7 Å². The Morgan fingerprint density at radius 3 is 2.62 bits per heavy atom. The van der Waals surface area contributed by atoms with Gasteiger partial charge in [-0.15, -0.1) is 11.3 Å². The molecule has 3 aromatic rings. The Morgan fingerprint density at radius 1 is 1.17 bits per heavy atom. The fourth-order valence-corrected chi connectivity index (χ4v) is 5.85. The number of amides is 1. The number of rotatable bonds is 6. The standard InChI is InChI=1S/C19H20N4O4S2/c24-19(20-13-16-21-18(22-27-16)14-5-2-1-3-6-14)15-8-10-23(11-9-15)29(25,26)17-7-4-12-28-17/h1-7,12,15H,8-11,13H2,(H,20,24). The van der Waals surface area contributed by atoms with Crippen molar-refractivity contribution in [2.24, 2.45) is 5.92 Å². The first-order chi connectivity index (χ1) is 14.0. The van der Waals surface area contributed by atoms with Crippen LogP contribution in [0.5, 0.6) is 0 Å². The van der Waals surface area contributed by atoms with Crippen LogP contribution in [0.4, 0.5) is 0 Å². The average molecular weight is 433 g/mol. The van der Waals surface area contributed by atoms with Crippen LogP contribution in [-0.2, 0) is 21.4 Å². The minimum Gasteiger partial charge on any atom is -0.347 e. The molecule has 0 radical (unpaired) electrons. The molecule has 0 bridgehead atoms. The van der Waals surface area contributed by atoms with Gasteiger partial charge in [0.25, 0.3) is 10.0 Å². The van der Waals surface area contributed by atoms with Crippen LogP contribution in [0.25, 0.3) is 11.4 Å². The van der Waals surface area contributed by atoms with E-state index in [-0.39, 0.29) is 18.4 Å². The van der Waals surface area contributed by atoms with Crippen molar-refractivity contribution in [2.75, 3.05) is 13.1 Å². The molecule has 1 saturated heterocycles. The minimum atomic E-state index is -3.46. The van der Waals surface area contributed by atoms with Gasteiger partial charge in [-0.25, -0.2) is 8.42 Å². The smallest absolute Gasteiger partial charge is 0.252 e. The van der Waals surface area contributed by atoms with E-state index in [2.05, 4.69) is 15.5 Å². The van der Waals surface area contributed by atoms with Crippen molar-refractivity contribution in [3.63, 3.8) is 0 Å². The summed E-state index contributed by atoms with van der Waals surface area (Å²) >= 11 is 1.20. The largest absolute Gasteiger partial charge is 0.347 e. The number of hydrogen-bond acceptors (Lipinski definition) is 7. The van der Waals surface area contributed by atoms with Gasteiger partial charge in [0.05, 0.1) is 6.54 Å². The van der Waals surface area contributed by atoms with Crippen molar-refractivity contribution >= 4 is 27.3 Å². The molecule has 152 valence electrons. The molecule has 0 atom stereocenters. The van der Waals surface area contributed by atoms with Crippen molar-refractivity contribution in [1.82, 2.24) is 19.8 Å². The Hall–Kier alpha value is -2.56. The molecule has 8 nitrogen and oxygen atoms in total. The van der Waals surface area contributed by atoms with Gasteiger partial charge in [0, 0.05) is 24.6 Å². The molecule has 2 aromatic heterocycles. The molecule has 0 spiro atoms. The molecule has 1 aromatic carbocycles. The highest BCUT2D eigenvalue weighted by molar-refractivity contribution is 7.91. The van der Waals surface area contributed by atoms with E-state index in [4.69, 9.17) is 4.52 Å². The maximum atomic E-state index is 12.6. The zero-order valence-electron chi connectivity index (χ0n) is 15.5. The van der Waals surface area contributed by atoms with Crippen molar-refractivity contribution in [1.29, 1.82) is 0 Å². The molecule has 29 heavy (non-hydrogen) atoms. The first kappa shape index (κ1) is 19.7. The summed E-state index contributed by atoms with van der Waals surface area (Å²) in [5.41, 5.74) is 0.841. The van der Waals surface area contributed by atoms with Crippen LogP contribution >= 0.6 is 11.3 Å². The molecule has 1 amide bonds. The summed E-state index contributed by atoms with van der Waals surface area (Å²) in [6.07, 6.45) is 0.963. The molecule has 1 N–H and O–H groups in total. The average Bonchev–Trinajstić information content (AvgIpc) is 3.45. The van der Waals surface area contributed by atoms with Gasteiger partial charge in [0.1, 0.15) is 4.21 Å². The van der Waals surface area contributed by atoms with Crippen LogP contribution < -0.4 is 5.32 Å². The lowest BCUT2D eigenvalue weighted by Gasteiger charge is -2.30. The number of aromatic nitrogens is 2. The van der Waals surface area contributed by atoms with Gasteiger partial charge in [-0.2, -0.15) is 9.29 Å². The van der Waals surface area contributed by atoms with E-state index < -0.39 is 10.0 Å². The SMILES string of the molecule is O=C(NCc1nc(-c2ccccc2)no1)C1CCN(S(=O)(=O)c2cccs2)CC1. The molecular formula is C19H20N4O4S2. The first-order valence-corrected chi connectivity index (χ1v) is 11.6. The molecule has 1 aliphatic rings. The third kappa shape index (κ3) is 4.39. The van der Waals surface area contributed by atoms with E-state index >= 15 is 0 Å². The number of hydrogen-bond donors (Lipinski definition) is 1. The van der Waals surface area contributed by atoms with Crippen LogP contribution in [-0.4, -0.2) is 41.9 Å². The fourth-order valence-electron chi connectivity index (χ4n) is 3.23. The summed E-state index contributed by atoms with van der Waals surface area (Å²) in [4.78, 5) is 16.8. The Kier molecular flexibility index (Phi) is 5.74. The minimum absolute atomic E-state index is 0.127. The van der Waals surface area contributed by atoms with E-state index in [0.29, 0.717) is 41.9 Å². The number of nitrogens with zero attached hydrogens (tertiary/aromatic N) is 3. The Labute approximate surface area is 172 Å². The third-order valence-electron chi connectivity index (χ3n) is 4.83. The molecule has 1 fully saturated rings. The first-order valence-electron chi connectivity index (χ1n) is 9.23. The van der Waals surface area contributed by atoms with Crippen LogP contribution in [0.2, 0.25) is 0 Å². The summed E-state index contributed by atoms with van der Waals surface area (Å²) < 4.78 is 32.1. The number of carbonyl (C=O) groups is 1. The van der Waals surface area contributed by atoms with Crippen LogP contribution in [0, 0.1) is 5.92 Å². The van der Waals surface area contributed by atoms with E-state index in [0.717, 1.165) is 5.56 Å². The van der Waals surface area contributed by atoms with Gasteiger partial charge in [0.2, 0.25) is 17.6 Å². The fraction of sp³-hybridized carbons (Fsp3) is 0.316. The van der Waals surface area contributed by atoms with Gasteiger partial charge in [-0.3, -0.25) is 4.79 Å². The molecule has 1 aliphatic heterocycles. The summed E-state index contributed by atoms with van der Waals surface area (Å²) in [7, 11) is -3.46. The number of piperidine rings is 1. The van der Waals surface area contributed by atoms with E-state index in [1.807, 2.05) is 30.3 Å². The lowest BCUT2D eigenvalue weighted by atomic mass is 9.97. The van der Waals surface area contributed by atoms with Gasteiger partial charge in [0.15, 0.2) is 0 Å². The predicted octanol–water partition coefficient (Wildman–Crippen LogP) is 2.52. The highest BCUT2D eigenvalue weighted by Gasteiger charge is 2.32. The zero-order chi connectivity index (χ0) is 20.3. The number of carbonyl (C=O) groups excluding carboxylic acids is 1. The number of benzene rings is 1. The number of thiophene rings is 1. The van der Waals surface area contributed by atoms with Gasteiger partial charge >= 0.3 is 0 Å². The number of nitrogens with one attached hydrogen (secondary N) is 1. The van der Waals surface area contributed by atoms with Gasteiger partial charge in [-0.05, 0) is 24.3 Å². The lowest BCUT2D eigenvalue weighted by Crippen LogP contribution is -2.42. The summed E-state index contributed by atoms with van der Waals surface area (Å²) in [6.45, 7) is 0.806. The second-order valence-corrected chi connectivity index (χ2v) is 9.82. The van der Waals surface area contributed by atoms with Crippen molar-refractivity contribution in [2.45, 2.75) is 23.6 Å². The predicted molar refractivity (Wildman–Crippen MR) is 107 cm³/mol. The highest BCUT2D eigenvalue weighted by atomic mass is 32.2. The Balaban J connectivity index is 1.29. The molecular weight excluding hydrogens is 412 g/mol. The summed E-state index contributed by atoms with van der Waals surface area (Å²) in [6, 6.07) is 12.8. The van der Waals surface area contributed by atoms with E-state index in [9.17, 15) is 13.2 Å².